The maximum Gasteiger partial charge on any atom is 0.387 e. The van der Waals surface area contributed by atoms with Gasteiger partial charge in [-0.15, -0.1) is 0 Å². The van der Waals surface area contributed by atoms with Gasteiger partial charge in [-0.25, -0.2) is 0 Å². The number of hydrogen-bond donors (Lipinski definition) is 1. The second kappa shape index (κ2) is 6.36. The molecule has 0 aliphatic carbocycles. The quantitative estimate of drug-likeness (QED) is 0.883. The Morgan fingerprint density at radius 2 is 2.10 bits per heavy atom. The van der Waals surface area contributed by atoms with Crippen molar-refractivity contribution in [2.45, 2.75) is 26.5 Å². The summed E-state index contributed by atoms with van der Waals surface area (Å²) in [6.07, 6.45) is 2.67. The van der Waals surface area contributed by atoms with E-state index < -0.39 is 6.61 Å². The maximum absolute atomic E-state index is 12.3. The third-order valence-electron chi connectivity index (χ3n) is 2.90. The fraction of sp³-hybridized carbons (Fsp3) is 0.357. The normalized spacial score (nSPS) is 10.8. The highest BCUT2D eigenvalue weighted by molar-refractivity contribution is 5.48. The summed E-state index contributed by atoms with van der Waals surface area (Å²) < 4.78 is 30.9. The number of nitrogens with zero attached hydrogens (tertiary/aromatic N) is 2. The van der Waals surface area contributed by atoms with Crippen LogP contribution in [-0.4, -0.2) is 16.4 Å². The number of ether oxygens (including phenoxy) is 1. The van der Waals surface area contributed by atoms with E-state index in [1.54, 1.807) is 22.9 Å². The van der Waals surface area contributed by atoms with Crippen molar-refractivity contribution in [3.8, 4) is 5.75 Å². The van der Waals surface area contributed by atoms with Crippen LogP contribution in [0, 0.1) is 0 Å². The van der Waals surface area contributed by atoms with Crippen molar-refractivity contribution in [2.24, 2.45) is 7.05 Å². The zero-order valence-electron chi connectivity index (χ0n) is 11.4. The lowest BCUT2D eigenvalue weighted by Gasteiger charge is -2.11. The van der Waals surface area contributed by atoms with Crippen LogP contribution in [0.5, 0.6) is 5.75 Å². The van der Waals surface area contributed by atoms with E-state index >= 15 is 0 Å². The SMILES string of the molecule is CCc1nn(C)cc1NCc1ccccc1OC(F)F. The van der Waals surface area contributed by atoms with Crippen molar-refractivity contribution in [3.63, 3.8) is 0 Å². The predicted molar refractivity (Wildman–Crippen MR) is 73.0 cm³/mol. The van der Waals surface area contributed by atoms with Gasteiger partial charge in [0, 0.05) is 25.4 Å². The van der Waals surface area contributed by atoms with Crippen molar-refractivity contribution < 1.29 is 13.5 Å². The van der Waals surface area contributed by atoms with E-state index in [1.165, 1.54) is 6.07 Å². The van der Waals surface area contributed by atoms with Crippen molar-refractivity contribution in [1.29, 1.82) is 0 Å². The van der Waals surface area contributed by atoms with Gasteiger partial charge in [0.25, 0.3) is 0 Å². The first-order valence-electron chi connectivity index (χ1n) is 6.39. The molecule has 0 unspecified atom stereocenters. The van der Waals surface area contributed by atoms with E-state index in [9.17, 15) is 8.78 Å². The number of benzene rings is 1. The van der Waals surface area contributed by atoms with E-state index in [-0.39, 0.29) is 5.75 Å². The van der Waals surface area contributed by atoms with Gasteiger partial charge in [0.1, 0.15) is 5.75 Å². The van der Waals surface area contributed by atoms with Gasteiger partial charge in [0.15, 0.2) is 0 Å². The summed E-state index contributed by atoms with van der Waals surface area (Å²) in [6, 6.07) is 6.75. The Labute approximate surface area is 116 Å². The average Bonchev–Trinajstić information content (AvgIpc) is 2.77. The van der Waals surface area contributed by atoms with Crippen LogP contribution in [0.4, 0.5) is 14.5 Å². The molecule has 1 N–H and O–H groups in total. The molecular weight excluding hydrogens is 264 g/mol. The third kappa shape index (κ3) is 3.46. The van der Waals surface area contributed by atoms with E-state index in [0.29, 0.717) is 12.1 Å². The summed E-state index contributed by atoms with van der Waals surface area (Å²) in [7, 11) is 1.85. The fourth-order valence-corrected chi connectivity index (χ4v) is 1.99. The number of alkyl halides is 2. The van der Waals surface area contributed by atoms with Gasteiger partial charge in [0.05, 0.1) is 11.4 Å². The Kier molecular flexibility index (Phi) is 4.55. The van der Waals surface area contributed by atoms with Crippen molar-refractivity contribution in [3.05, 3.63) is 41.7 Å². The minimum absolute atomic E-state index is 0.192. The van der Waals surface area contributed by atoms with Crippen LogP contribution < -0.4 is 10.1 Å². The van der Waals surface area contributed by atoms with Crippen molar-refractivity contribution in [2.75, 3.05) is 5.32 Å². The minimum Gasteiger partial charge on any atom is -0.434 e. The van der Waals surface area contributed by atoms with Gasteiger partial charge in [-0.3, -0.25) is 4.68 Å². The van der Waals surface area contributed by atoms with Crippen molar-refractivity contribution in [1.82, 2.24) is 9.78 Å². The molecule has 0 radical (unpaired) electrons. The van der Waals surface area contributed by atoms with Crippen LogP contribution in [0.3, 0.4) is 0 Å². The number of nitrogens with one attached hydrogen (secondary N) is 1. The topological polar surface area (TPSA) is 39.1 Å². The number of aromatic nitrogens is 2. The first kappa shape index (κ1) is 14.3. The minimum atomic E-state index is -2.82. The Morgan fingerprint density at radius 3 is 2.80 bits per heavy atom. The fourth-order valence-electron chi connectivity index (χ4n) is 1.99. The van der Waals surface area contributed by atoms with Gasteiger partial charge in [-0.1, -0.05) is 25.1 Å². The maximum atomic E-state index is 12.3. The highest BCUT2D eigenvalue weighted by Gasteiger charge is 2.10. The van der Waals surface area contributed by atoms with Crippen LogP contribution in [0.2, 0.25) is 0 Å². The molecule has 0 aliphatic heterocycles. The molecule has 2 aromatic rings. The largest absolute Gasteiger partial charge is 0.434 e. The lowest BCUT2D eigenvalue weighted by Crippen LogP contribution is -2.07. The molecule has 0 atom stereocenters. The molecule has 0 saturated heterocycles. The Hall–Kier alpha value is -2.11. The predicted octanol–water partition coefficient (Wildman–Crippen LogP) is 3.20. The monoisotopic (exact) mass is 281 g/mol. The van der Waals surface area contributed by atoms with Crippen LogP contribution in [0.15, 0.2) is 30.5 Å². The smallest absolute Gasteiger partial charge is 0.387 e. The molecule has 108 valence electrons. The Bertz CT molecular complexity index is 569. The molecule has 0 bridgehead atoms. The number of anilines is 1. The van der Waals surface area contributed by atoms with E-state index in [1.807, 2.05) is 20.2 Å². The molecule has 20 heavy (non-hydrogen) atoms. The molecule has 0 fully saturated rings. The van der Waals surface area contributed by atoms with Crippen LogP contribution >= 0.6 is 0 Å². The van der Waals surface area contributed by atoms with Crippen LogP contribution in [-0.2, 0) is 20.0 Å². The number of halogens is 2. The molecular formula is C14H17F2N3O. The first-order valence-corrected chi connectivity index (χ1v) is 6.39. The summed E-state index contributed by atoms with van der Waals surface area (Å²) >= 11 is 0. The molecule has 1 aromatic heterocycles. The average molecular weight is 281 g/mol. The molecule has 6 heteroatoms. The summed E-state index contributed by atoms with van der Waals surface area (Å²) in [4.78, 5) is 0. The molecule has 0 amide bonds. The number of aryl methyl sites for hydroxylation is 2. The summed E-state index contributed by atoms with van der Waals surface area (Å²) in [6.45, 7) is -0.399. The number of rotatable bonds is 6. The lowest BCUT2D eigenvalue weighted by atomic mass is 10.2. The molecule has 0 spiro atoms. The van der Waals surface area contributed by atoms with Crippen LogP contribution in [0.1, 0.15) is 18.2 Å². The molecule has 1 aromatic carbocycles. The van der Waals surface area contributed by atoms with Gasteiger partial charge in [0.2, 0.25) is 0 Å². The molecule has 0 saturated carbocycles. The number of hydrogen-bond acceptors (Lipinski definition) is 3. The van der Waals surface area contributed by atoms with Gasteiger partial charge < -0.3 is 10.1 Å². The number of para-hydroxylation sites is 1. The summed E-state index contributed by atoms with van der Waals surface area (Å²) in [5.74, 6) is 0.192. The van der Waals surface area contributed by atoms with Gasteiger partial charge >= 0.3 is 6.61 Å². The van der Waals surface area contributed by atoms with Gasteiger partial charge in [-0.2, -0.15) is 13.9 Å². The highest BCUT2D eigenvalue weighted by atomic mass is 19.3. The lowest BCUT2D eigenvalue weighted by molar-refractivity contribution is -0.0504. The molecule has 0 aliphatic rings. The van der Waals surface area contributed by atoms with E-state index in [4.69, 9.17) is 0 Å². The zero-order valence-corrected chi connectivity index (χ0v) is 11.4. The van der Waals surface area contributed by atoms with Crippen LogP contribution in [0.25, 0.3) is 0 Å². The molecule has 1 heterocycles. The molecule has 4 nitrogen and oxygen atoms in total. The zero-order chi connectivity index (χ0) is 14.5. The Morgan fingerprint density at radius 1 is 1.35 bits per heavy atom. The standard InChI is InChI=1S/C14H17F2N3O/c1-3-11-12(9-19(2)18-11)17-8-10-6-4-5-7-13(10)20-14(15)16/h4-7,9,14,17H,3,8H2,1-2H3. The van der Waals surface area contributed by atoms with E-state index in [0.717, 1.165) is 17.8 Å². The van der Waals surface area contributed by atoms with E-state index in [2.05, 4.69) is 15.2 Å². The molecule has 2 rings (SSSR count). The summed E-state index contributed by atoms with van der Waals surface area (Å²) in [5.41, 5.74) is 2.53. The van der Waals surface area contributed by atoms with Gasteiger partial charge in [-0.05, 0) is 12.5 Å². The summed E-state index contributed by atoms with van der Waals surface area (Å²) in [5, 5.41) is 7.52. The van der Waals surface area contributed by atoms with Crippen molar-refractivity contribution >= 4 is 5.69 Å². The second-order valence-corrected chi connectivity index (χ2v) is 4.36. The first-order chi connectivity index (χ1) is 9.60. The highest BCUT2D eigenvalue weighted by Crippen LogP contribution is 2.22. The second-order valence-electron chi connectivity index (χ2n) is 4.36. The third-order valence-corrected chi connectivity index (χ3v) is 2.90. The Balaban J connectivity index is 2.10.